The molecule has 90 valence electrons. The average Bonchev–Trinajstić information content (AvgIpc) is 2.17. The molecule has 0 saturated heterocycles. The molecule has 1 atom stereocenters. The number of halogens is 2. The van der Waals surface area contributed by atoms with E-state index in [-0.39, 0.29) is 16.6 Å². The lowest BCUT2D eigenvalue weighted by molar-refractivity contribution is 0.181. The van der Waals surface area contributed by atoms with Gasteiger partial charge in [0.05, 0.1) is 12.6 Å². The first kappa shape index (κ1) is 13.4. The van der Waals surface area contributed by atoms with E-state index < -0.39 is 0 Å². The summed E-state index contributed by atoms with van der Waals surface area (Å²) in [4.78, 5) is 13.7. The van der Waals surface area contributed by atoms with Crippen LogP contribution in [0.4, 0.5) is 5.95 Å². The van der Waals surface area contributed by atoms with E-state index in [1.54, 1.807) is 7.11 Å². The van der Waals surface area contributed by atoms with Crippen LogP contribution >= 0.6 is 23.2 Å². The second-order valence-electron chi connectivity index (χ2n) is 3.26. The highest BCUT2D eigenvalue weighted by atomic mass is 35.5. The van der Waals surface area contributed by atoms with Crippen LogP contribution in [0.15, 0.2) is 0 Å². The van der Waals surface area contributed by atoms with E-state index in [1.165, 1.54) is 0 Å². The lowest BCUT2D eigenvalue weighted by Crippen LogP contribution is -2.37. The molecule has 0 aliphatic rings. The van der Waals surface area contributed by atoms with Gasteiger partial charge >= 0.3 is 0 Å². The van der Waals surface area contributed by atoms with Gasteiger partial charge in [-0.15, -0.1) is 0 Å². The molecular formula is C9H14Cl2N4O. The van der Waals surface area contributed by atoms with E-state index >= 15 is 0 Å². The van der Waals surface area contributed by atoms with Gasteiger partial charge in [-0.2, -0.15) is 15.0 Å². The van der Waals surface area contributed by atoms with Gasteiger partial charge in [-0.1, -0.05) is 0 Å². The number of nitrogens with zero attached hydrogens (tertiary/aromatic N) is 4. The molecule has 1 unspecified atom stereocenters. The first-order valence-electron chi connectivity index (χ1n) is 4.91. The van der Waals surface area contributed by atoms with Gasteiger partial charge in [0.1, 0.15) is 0 Å². The van der Waals surface area contributed by atoms with E-state index in [9.17, 15) is 0 Å². The molecule has 0 bridgehead atoms. The molecule has 0 radical (unpaired) electrons. The van der Waals surface area contributed by atoms with Crippen molar-refractivity contribution in [1.29, 1.82) is 0 Å². The van der Waals surface area contributed by atoms with Crippen LogP contribution in [-0.4, -0.2) is 41.3 Å². The van der Waals surface area contributed by atoms with Crippen molar-refractivity contribution in [3.05, 3.63) is 10.6 Å². The molecule has 1 heterocycles. The van der Waals surface area contributed by atoms with Crippen LogP contribution in [0.3, 0.4) is 0 Å². The molecule has 0 amide bonds. The van der Waals surface area contributed by atoms with Gasteiger partial charge in [0.25, 0.3) is 0 Å². The molecule has 0 N–H and O–H groups in total. The quantitative estimate of drug-likeness (QED) is 0.815. The van der Waals surface area contributed by atoms with E-state index in [0.29, 0.717) is 12.6 Å². The Morgan fingerprint density at radius 2 is 1.81 bits per heavy atom. The number of hydrogen-bond acceptors (Lipinski definition) is 5. The fraction of sp³-hybridized carbons (Fsp3) is 0.667. The number of ether oxygens (including phenoxy) is 1. The molecule has 0 fully saturated rings. The summed E-state index contributed by atoms with van der Waals surface area (Å²) in [6.45, 7) is 5.33. The topological polar surface area (TPSA) is 51.1 Å². The summed E-state index contributed by atoms with van der Waals surface area (Å²) in [5.74, 6) is 0.469. The van der Waals surface area contributed by atoms with Crippen molar-refractivity contribution < 1.29 is 4.74 Å². The summed E-state index contributed by atoms with van der Waals surface area (Å²) in [6, 6.07) is 0.143. The van der Waals surface area contributed by atoms with Crippen LogP contribution in [0.5, 0.6) is 0 Å². The Morgan fingerprint density at radius 1 is 1.25 bits per heavy atom. The molecule has 5 nitrogen and oxygen atoms in total. The number of aromatic nitrogens is 3. The van der Waals surface area contributed by atoms with Gasteiger partial charge in [-0.05, 0) is 37.0 Å². The minimum atomic E-state index is 0.0954. The summed E-state index contributed by atoms with van der Waals surface area (Å²) >= 11 is 11.5. The number of methoxy groups -OCH3 is 1. The zero-order valence-electron chi connectivity index (χ0n) is 9.44. The summed E-state index contributed by atoms with van der Waals surface area (Å²) < 4.78 is 5.09. The standard InChI is InChI=1S/C9H14Cl2N4O/c1-4-15(6(2)5-16-3)9-13-7(10)12-8(11)14-9/h6H,4-5H2,1-3H3. The maximum atomic E-state index is 5.73. The predicted octanol–water partition coefficient (Wildman–Crippen LogP) is 2.04. The van der Waals surface area contributed by atoms with Crippen molar-refractivity contribution >= 4 is 29.2 Å². The normalized spacial score (nSPS) is 12.6. The third-order valence-electron chi connectivity index (χ3n) is 2.11. The Kier molecular flexibility index (Phi) is 5.18. The number of anilines is 1. The predicted molar refractivity (Wildman–Crippen MR) is 64.2 cm³/mol. The van der Waals surface area contributed by atoms with E-state index in [2.05, 4.69) is 15.0 Å². The second kappa shape index (κ2) is 6.18. The Hall–Kier alpha value is -0.650. The summed E-state index contributed by atoms with van der Waals surface area (Å²) in [6.07, 6.45) is 0. The van der Waals surface area contributed by atoms with Crippen molar-refractivity contribution in [2.24, 2.45) is 0 Å². The van der Waals surface area contributed by atoms with Gasteiger partial charge in [-0.3, -0.25) is 0 Å². The van der Waals surface area contributed by atoms with E-state index in [4.69, 9.17) is 27.9 Å². The molecule has 0 aromatic carbocycles. The Labute approximate surface area is 105 Å². The minimum Gasteiger partial charge on any atom is -0.383 e. The molecule has 0 aliphatic heterocycles. The van der Waals surface area contributed by atoms with Crippen molar-refractivity contribution in [2.45, 2.75) is 19.9 Å². The lowest BCUT2D eigenvalue weighted by atomic mass is 10.3. The SMILES string of the molecule is CCN(c1nc(Cl)nc(Cl)n1)C(C)COC. The molecule has 1 aromatic rings. The fourth-order valence-electron chi connectivity index (χ4n) is 1.43. The van der Waals surface area contributed by atoms with E-state index in [1.807, 2.05) is 18.7 Å². The molecule has 7 heteroatoms. The van der Waals surface area contributed by atoms with Gasteiger partial charge in [-0.25, -0.2) is 0 Å². The molecule has 1 rings (SSSR count). The number of likely N-dealkylation sites (N-methyl/N-ethyl adjacent to an activating group) is 1. The summed E-state index contributed by atoms with van der Waals surface area (Å²) in [7, 11) is 1.65. The molecule has 16 heavy (non-hydrogen) atoms. The van der Waals surface area contributed by atoms with Crippen LogP contribution in [0.2, 0.25) is 10.6 Å². The molecule has 0 spiro atoms. The Balaban J connectivity index is 2.94. The van der Waals surface area contributed by atoms with Crippen molar-refractivity contribution in [3.63, 3.8) is 0 Å². The first-order valence-corrected chi connectivity index (χ1v) is 5.66. The Bertz CT molecular complexity index is 330. The molecular weight excluding hydrogens is 251 g/mol. The highest BCUT2D eigenvalue weighted by molar-refractivity contribution is 6.31. The maximum Gasteiger partial charge on any atom is 0.231 e. The largest absolute Gasteiger partial charge is 0.383 e. The highest BCUT2D eigenvalue weighted by Crippen LogP contribution is 2.16. The zero-order chi connectivity index (χ0) is 12.1. The molecule has 0 aliphatic carbocycles. The Morgan fingerprint density at radius 3 is 2.25 bits per heavy atom. The van der Waals surface area contributed by atoms with Crippen molar-refractivity contribution in [3.8, 4) is 0 Å². The fourth-order valence-corrected chi connectivity index (χ4v) is 1.78. The van der Waals surface area contributed by atoms with Crippen LogP contribution in [0.25, 0.3) is 0 Å². The van der Waals surface area contributed by atoms with Crippen LogP contribution in [-0.2, 0) is 4.74 Å². The van der Waals surface area contributed by atoms with Gasteiger partial charge in [0.15, 0.2) is 0 Å². The van der Waals surface area contributed by atoms with Crippen LogP contribution < -0.4 is 4.90 Å². The van der Waals surface area contributed by atoms with E-state index in [0.717, 1.165) is 6.54 Å². The zero-order valence-corrected chi connectivity index (χ0v) is 11.0. The highest BCUT2D eigenvalue weighted by Gasteiger charge is 2.16. The molecule has 0 saturated carbocycles. The number of rotatable bonds is 5. The maximum absolute atomic E-state index is 5.73. The number of hydrogen-bond donors (Lipinski definition) is 0. The van der Waals surface area contributed by atoms with Crippen molar-refractivity contribution in [2.75, 3.05) is 25.2 Å². The third kappa shape index (κ3) is 3.43. The minimum absolute atomic E-state index is 0.0954. The lowest BCUT2D eigenvalue weighted by Gasteiger charge is -2.27. The van der Waals surface area contributed by atoms with Crippen molar-refractivity contribution in [1.82, 2.24) is 15.0 Å². The van der Waals surface area contributed by atoms with Gasteiger partial charge in [0.2, 0.25) is 16.5 Å². The summed E-state index contributed by atoms with van der Waals surface area (Å²) in [5, 5.41) is 0.191. The van der Waals surface area contributed by atoms with Gasteiger partial charge in [0, 0.05) is 13.7 Å². The summed E-state index contributed by atoms with van der Waals surface area (Å²) in [5.41, 5.74) is 0. The molecule has 1 aromatic heterocycles. The van der Waals surface area contributed by atoms with Crippen LogP contribution in [0.1, 0.15) is 13.8 Å². The second-order valence-corrected chi connectivity index (χ2v) is 3.94. The monoisotopic (exact) mass is 264 g/mol. The first-order chi connectivity index (χ1) is 7.58. The smallest absolute Gasteiger partial charge is 0.231 e. The van der Waals surface area contributed by atoms with Crippen LogP contribution in [0, 0.1) is 0 Å². The average molecular weight is 265 g/mol. The van der Waals surface area contributed by atoms with Gasteiger partial charge < -0.3 is 9.64 Å². The third-order valence-corrected chi connectivity index (χ3v) is 2.44.